The third-order valence-corrected chi connectivity index (χ3v) is 4.45. The lowest BCUT2D eigenvalue weighted by atomic mass is 10.1. The summed E-state index contributed by atoms with van der Waals surface area (Å²) >= 11 is 5.73. The molecular formula is C15H28ClN3O2. The quantitative estimate of drug-likeness (QED) is 0.671. The molecule has 0 aromatic rings. The molecule has 5 nitrogen and oxygen atoms in total. The van der Waals surface area contributed by atoms with Crippen LogP contribution in [0, 0.1) is 5.41 Å². The SMILES string of the molecule is N=C(Cl)CC(OCC(O)CN1CCCCC1)N1CCCC1. The normalized spacial score (nSPS) is 24.1. The molecule has 0 radical (unpaired) electrons. The summed E-state index contributed by atoms with van der Waals surface area (Å²) in [5, 5.41) is 17.7. The van der Waals surface area contributed by atoms with Gasteiger partial charge in [-0.2, -0.15) is 0 Å². The van der Waals surface area contributed by atoms with E-state index in [9.17, 15) is 5.11 Å². The molecular weight excluding hydrogens is 290 g/mol. The fraction of sp³-hybridized carbons (Fsp3) is 0.933. The Morgan fingerprint density at radius 3 is 2.33 bits per heavy atom. The number of hydrogen-bond acceptors (Lipinski definition) is 5. The first-order valence-corrected chi connectivity index (χ1v) is 8.52. The van der Waals surface area contributed by atoms with E-state index in [1.165, 1.54) is 32.1 Å². The van der Waals surface area contributed by atoms with E-state index in [4.69, 9.17) is 21.7 Å². The van der Waals surface area contributed by atoms with Gasteiger partial charge in [-0.15, -0.1) is 0 Å². The van der Waals surface area contributed by atoms with Gasteiger partial charge < -0.3 is 14.7 Å². The molecule has 2 saturated heterocycles. The van der Waals surface area contributed by atoms with Crippen molar-refractivity contribution in [3.8, 4) is 0 Å². The van der Waals surface area contributed by atoms with E-state index in [2.05, 4.69) is 9.80 Å². The summed E-state index contributed by atoms with van der Waals surface area (Å²) in [5.74, 6) is 0. The molecule has 0 aromatic carbocycles. The molecule has 2 fully saturated rings. The highest BCUT2D eigenvalue weighted by Gasteiger charge is 2.24. The fourth-order valence-corrected chi connectivity index (χ4v) is 3.32. The smallest absolute Gasteiger partial charge is 0.117 e. The number of hydrogen-bond donors (Lipinski definition) is 2. The predicted octanol–water partition coefficient (Wildman–Crippen LogP) is 1.88. The Morgan fingerprint density at radius 1 is 1.10 bits per heavy atom. The van der Waals surface area contributed by atoms with E-state index in [-0.39, 0.29) is 11.4 Å². The molecule has 2 aliphatic rings. The van der Waals surface area contributed by atoms with Crippen LogP contribution < -0.4 is 0 Å². The molecule has 0 bridgehead atoms. The minimum atomic E-state index is -0.460. The lowest BCUT2D eigenvalue weighted by molar-refractivity contribution is -0.0803. The molecule has 21 heavy (non-hydrogen) atoms. The number of aliphatic hydroxyl groups is 1. The second kappa shape index (κ2) is 9.06. The molecule has 2 N–H and O–H groups in total. The van der Waals surface area contributed by atoms with E-state index in [0.717, 1.165) is 26.2 Å². The first-order chi connectivity index (χ1) is 10.1. The molecule has 2 rings (SSSR count). The summed E-state index contributed by atoms with van der Waals surface area (Å²) < 4.78 is 5.86. The van der Waals surface area contributed by atoms with Gasteiger partial charge in [0, 0.05) is 26.1 Å². The van der Waals surface area contributed by atoms with Gasteiger partial charge >= 0.3 is 0 Å². The third-order valence-electron chi connectivity index (χ3n) is 4.30. The maximum atomic E-state index is 10.2. The molecule has 0 aromatic heterocycles. The van der Waals surface area contributed by atoms with Gasteiger partial charge in [-0.25, -0.2) is 0 Å². The molecule has 6 heteroatoms. The number of β-amino-alcohol motifs (C(OH)–C–C–N with tert-alkyl or cyclic N) is 1. The number of piperidine rings is 1. The van der Waals surface area contributed by atoms with Crippen molar-refractivity contribution >= 4 is 16.8 Å². The Morgan fingerprint density at radius 2 is 1.71 bits per heavy atom. The zero-order chi connectivity index (χ0) is 15.1. The average Bonchev–Trinajstić information content (AvgIpc) is 2.98. The fourth-order valence-electron chi connectivity index (χ4n) is 3.19. The largest absolute Gasteiger partial charge is 0.389 e. The van der Waals surface area contributed by atoms with Crippen LogP contribution in [0.2, 0.25) is 0 Å². The van der Waals surface area contributed by atoms with Crippen molar-refractivity contribution in [3.63, 3.8) is 0 Å². The van der Waals surface area contributed by atoms with E-state index in [1.807, 2.05) is 0 Å². The molecule has 122 valence electrons. The number of nitrogens with zero attached hydrogens (tertiary/aromatic N) is 2. The topological polar surface area (TPSA) is 59.8 Å². The number of aliphatic hydroxyl groups excluding tert-OH is 1. The van der Waals surface area contributed by atoms with E-state index >= 15 is 0 Å². The van der Waals surface area contributed by atoms with Crippen LogP contribution in [-0.2, 0) is 4.74 Å². The third kappa shape index (κ3) is 6.20. The van der Waals surface area contributed by atoms with Gasteiger partial charge in [0.25, 0.3) is 0 Å². The van der Waals surface area contributed by atoms with Crippen molar-refractivity contribution in [2.75, 3.05) is 39.3 Å². The van der Waals surface area contributed by atoms with E-state index in [0.29, 0.717) is 19.6 Å². The van der Waals surface area contributed by atoms with Crippen LogP contribution in [0.3, 0.4) is 0 Å². The van der Waals surface area contributed by atoms with Crippen molar-refractivity contribution in [3.05, 3.63) is 0 Å². The van der Waals surface area contributed by atoms with Gasteiger partial charge in [-0.3, -0.25) is 10.3 Å². The Labute approximate surface area is 132 Å². The highest BCUT2D eigenvalue weighted by atomic mass is 35.5. The second-order valence-electron chi connectivity index (χ2n) is 6.16. The lowest BCUT2D eigenvalue weighted by Crippen LogP contribution is -2.41. The number of likely N-dealkylation sites (tertiary alicyclic amines) is 2. The second-order valence-corrected chi connectivity index (χ2v) is 6.61. The van der Waals surface area contributed by atoms with Gasteiger partial charge in [0.05, 0.1) is 12.7 Å². The van der Waals surface area contributed by atoms with Gasteiger partial charge in [-0.1, -0.05) is 18.0 Å². The Hall–Kier alpha value is -0.200. The summed E-state index contributed by atoms with van der Waals surface area (Å²) in [6.45, 7) is 5.17. The molecule has 2 aliphatic heterocycles. The summed E-state index contributed by atoms with van der Waals surface area (Å²) in [5.41, 5.74) is 0. The first kappa shape index (κ1) is 17.2. The zero-order valence-corrected chi connectivity index (χ0v) is 13.5. The van der Waals surface area contributed by atoms with Crippen LogP contribution in [-0.4, -0.2) is 71.7 Å². The highest BCUT2D eigenvalue weighted by molar-refractivity contribution is 6.64. The van der Waals surface area contributed by atoms with E-state index in [1.54, 1.807) is 0 Å². The van der Waals surface area contributed by atoms with Crippen molar-refractivity contribution in [1.29, 1.82) is 5.41 Å². The van der Waals surface area contributed by atoms with Gasteiger partial charge in [0.2, 0.25) is 0 Å². The standard InChI is InChI=1S/C15H28ClN3O2/c16-14(17)10-15(19-8-4-5-9-19)21-12-13(20)11-18-6-2-1-3-7-18/h13,15,17,20H,1-12H2. The molecule has 0 amide bonds. The minimum absolute atomic E-state index is 0.123. The molecule has 2 atom stereocenters. The maximum Gasteiger partial charge on any atom is 0.117 e. The van der Waals surface area contributed by atoms with Gasteiger partial charge in [0.15, 0.2) is 0 Å². The molecule has 0 aliphatic carbocycles. The van der Waals surface area contributed by atoms with Crippen LogP contribution in [0.1, 0.15) is 38.5 Å². The van der Waals surface area contributed by atoms with Crippen molar-refractivity contribution in [2.45, 2.75) is 50.9 Å². The first-order valence-electron chi connectivity index (χ1n) is 8.14. The van der Waals surface area contributed by atoms with Gasteiger partial charge in [0.1, 0.15) is 11.4 Å². The zero-order valence-electron chi connectivity index (χ0n) is 12.8. The van der Waals surface area contributed by atoms with Crippen molar-refractivity contribution < 1.29 is 9.84 Å². The van der Waals surface area contributed by atoms with Crippen molar-refractivity contribution in [2.24, 2.45) is 0 Å². The Balaban J connectivity index is 1.72. The molecule has 2 unspecified atom stereocenters. The number of nitrogens with one attached hydrogen (secondary N) is 1. The summed E-state index contributed by atoms with van der Waals surface area (Å²) in [6, 6.07) is 0. The number of ether oxygens (including phenoxy) is 1. The predicted molar refractivity (Wildman–Crippen MR) is 85.0 cm³/mol. The lowest BCUT2D eigenvalue weighted by Gasteiger charge is -2.31. The van der Waals surface area contributed by atoms with Crippen molar-refractivity contribution in [1.82, 2.24) is 9.80 Å². The minimum Gasteiger partial charge on any atom is -0.389 e. The highest BCUT2D eigenvalue weighted by Crippen LogP contribution is 2.17. The molecule has 2 heterocycles. The van der Waals surface area contributed by atoms with Crippen LogP contribution in [0.4, 0.5) is 0 Å². The summed E-state index contributed by atoms with van der Waals surface area (Å²) in [4.78, 5) is 4.54. The van der Waals surface area contributed by atoms with Crippen LogP contribution >= 0.6 is 11.6 Å². The van der Waals surface area contributed by atoms with Crippen LogP contribution in [0.25, 0.3) is 0 Å². The molecule has 0 saturated carbocycles. The van der Waals surface area contributed by atoms with Gasteiger partial charge in [-0.05, 0) is 38.8 Å². The Bertz CT molecular complexity index is 318. The van der Waals surface area contributed by atoms with Crippen LogP contribution in [0.15, 0.2) is 0 Å². The number of halogens is 1. The van der Waals surface area contributed by atoms with Crippen LogP contribution in [0.5, 0.6) is 0 Å². The monoisotopic (exact) mass is 317 g/mol. The summed E-state index contributed by atoms with van der Waals surface area (Å²) in [7, 11) is 0. The summed E-state index contributed by atoms with van der Waals surface area (Å²) in [6.07, 6.45) is 5.90. The maximum absolute atomic E-state index is 10.2. The van der Waals surface area contributed by atoms with E-state index < -0.39 is 6.10 Å². The average molecular weight is 318 g/mol. The Kier molecular flexibility index (Phi) is 7.40. The number of rotatable bonds is 8. The molecule has 0 spiro atoms.